The molecule has 2 rings (SSSR count). The van der Waals surface area contributed by atoms with Gasteiger partial charge in [-0.15, -0.1) is 0 Å². The summed E-state index contributed by atoms with van der Waals surface area (Å²) in [6.45, 7) is 0. The Bertz CT molecular complexity index is 753. The Morgan fingerprint density at radius 2 is 1.32 bits per heavy atom. The molecule has 0 unspecified atom stereocenters. The first kappa shape index (κ1) is 16.9. The van der Waals surface area contributed by atoms with E-state index in [0.717, 1.165) is 0 Å². The Morgan fingerprint density at radius 3 is 1.82 bits per heavy atom. The third-order valence-corrected chi connectivity index (χ3v) is 4.49. The zero-order chi connectivity index (χ0) is 16.6. The monoisotopic (exact) mass is 443 g/mol. The lowest BCUT2D eigenvalue weighted by Crippen LogP contribution is -2.19. The van der Waals surface area contributed by atoms with Crippen molar-refractivity contribution < 1.29 is 26.7 Å². The minimum Gasteiger partial charge on any atom is -0.322 e. The molecule has 0 bridgehead atoms. The molecular weight excluding hydrogens is 441 g/mol. The molecule has 2 nitrogen and oxygen atoms in total. The summed E-state index contributed by atoms with van der Waals surface area (Å²) in [5, 5.41) is 2.06. The smallest absolute Gasteiger partial charge is 0.261 e. The Morgan fingerprint density at radius 1 is 0.818 bits per heavy atom. The molecule has 0 heterocycles. The normalized spacial score (nSPS) is 10.7. The first-order valence-electron chi connectivity index (χ1n) is 5.52. The summed E-state index contributed by atoms with van der Waals surface area (Å²) < 4.78 is 67.2. The molecule has 0 atom stereocenters. The maximum absolute atomic E-state index is 13.5. The zero-order valence-electron chi connectivity index (χ0n) is 10.3. The van der Waals surface area contributed by atoms with Crippen LogP contribution in [-0.2, 0) is 0 Å². The first-order valence-corrected chi connectivity index (χ1v) is 7.10. The van der Waals surface area contributed by atoms with E-state index in [-0.39, 0.29) is 5.69 Å². The van der Waals surface area contributed by atoms with Crippen LogP contribution in [0.4, 0.5) is 27.6 Å². The fourth-order valence-electron chi connectivity index (χ4n) is 1.57. The second-order valence-corrected chi connectivity index (χ2v) is 5.74. The molecule has 0 fully saturated rings. The van der Waals surface area contributed by atoms with E-state index in [1.807, 2.05) is 0 Å². The van der Waals surface area contributed by atoms with E-state index in [1.54, 1.807) is 0 Å². The molecule has 0 radical (unpaired) electrons. The van der Waals surface area contributed by atoms with Crippen LogP contribution < -0.4 is 5.32 Å². The Labute approximate surface area is 137 Å². The summed E-state index contributed by atoms with van der Waals surface area (Å²) in [6.07, 6.45) is 0. The maximum atomic E-state index is 13.5. The molecule has 116 valence electrons. The number of hydrogen-bond donors (Lipinski definition) is 1. The van der Waals surface area contributed by atoms with Crippen molar-refractivity contribution in [2.75, 3.05) is 5.32 Å². The molecular formula is C13H4Br2F5NO. The van der Waals surface area contributed by atoms with Crippen LogP contribution in [0.1, 0.15) is 10.4 Å². The lowest BCUT2D eigenvalue weighted by molar-refractivity contribution is 0.101. The minimum absolute atomic E-state index is 0.101. The fraction of sp³-hybridized carbons (Fsp3) is 0. The van der Waals surface area contributed by atoms with E-state index < -0.39 is 40.6 Å². The van der Waals surface area contributed by atoms with E-state index in [9.17, 15) is 26.7 Å². The van der Waals surface area contributed by atoms with Gasteiger partial charge in [0.25, 0.3) is 5.91 Å². The van der Waals surface area contributed by atoms with Gasteiger partial charge in [0.2, 0.25) is 5.82 Å². The molecule has 22 heavy (non-hydrogen) atoms. The van der Waals surface area contributed by atoms with Crippen LogP contribution in [0.3, 0.4) is 0 Å². The maximum Gasteiger partial charge on any atom is 0.261 e. The number of benzene rings is 2. The topological polar surface area (TPSA) is 29.1 Å². The molecule has 0 aliphatic carbocycles. The van der Waals surface area contributed by atoms with E-state index in [2.05, 4.69) is 37.2 Å². The van der Waals surface area contributed by atoms with Crippen molar-refractivity contribution in [3.05, 3.63) is 61.8 Å². The van der Waals surface area contributed by atoms with Crippen molar-refractivity contribution in [2.24, 2.45) is 0 Å². The van der Waals surface area contributed by atoms with E-state index in [1.165, 1.54) is 18.2 Å². The number of carbonyl (C=O) groups is 1. The molecule has 0 saturated heterocycles. The van der Waals surface area contributed by atoms with Crippen molar-refractivity contribution >= 4 is 43.5 Å². The predicted octanol–water partition coefficient (Wildman–Crippen LogP) is 5.16. The Balaban J connectivity index is 2.44. The molecule has 0 aromatic heterocycles. The average molecular weight is 445 g/mol. The molecule has 1 N–H and O–H groups in total. The highest BCUT2D eigenvalue weighted by atomic mass is 79.9. The second kappa shape index (κ2) is 6.33. The van der Waals surface area contributed by atoms with Gasteiger partial charge in [-0.2, -0.15) is 0 Å². The van der Waals surface area contributed by atoms with Gasteiger partial charge in [-0.05, 0) is 50.1 Å². The highest BCUT2D eigenvalue weighted by Gasteiger charge is 2.29. The molecule has 9 heteroatoms. The number of carbonyl (C=O) groups excluding carboxylic acids is 1. The molecule has 2 aromatic carbocycles. The summed E-state index contributed by atoms with van der Waals surface area (Å²) >= 11 is 6.31. The van der Waals surface area contributed by atoms with Crippen molar-refractivity contribution in [2.45, 2.75) is 0 Å². The Hall–Kier alpha value is -1.48. The van der Waals surface area contributed by atoms with Crippen LogP contribution in [0.25, 0.3) is 0 Å². The SMILES string of the molecule is O=C(Nc1ccc(Br)c(Br)c1)c1c(F)c(F)c(F)c(F)c1F. The second-order valence-electron chi connectivity index (χ2n) is 4.03. The number of rotatable bonds is 2. The van der Waals surface area contributed by atoms with Crippen LogP contribution in [-0.4, -0.2) is 5.91 Å². The predicted molar refractivity (Wildman–Crippen MR) is 76.0 cm³/mol. The van der Waals surface area contributed by atoms with Crippen molar-refractivity contribution in [1.82, 2.24) is 0 Å². The summed E-state index contributed by atoms with van der Waals surface area (Å²) in [6, 6.07) is 4.27. The van der Waals surface area contributed by atoms with Crippen molar-refractivity contribution in [1.29, 1.82) is 0 Å². The largest absolute Gasteiger partial charge is 0.322 e. The molecule has 1 amide bonds. The van der Waals surface area contributed by atoms with Gasteiger partial charge in [-0.1, -0.05) is 0 Å². The van der Waals surface area contributed by atoms with Gasteiger partial charge in [0.05, 0.1) is 0 Å². The lowest BCUT2D eigenvalue weighted by atomic mass is 10.1. The molecule has 0 aliphatic heterocycles. The van der Waals surface area contributed by atoms with Gasteiger partial charge < -0.3 is 5.32 Å². The van der Waals surface area contributed by atoms with Crippen LogP contribution in [0, 0.1) is 29.1 Å². The highest BCUT2D eigenvalue weighted by molar-refractivity contribution is 9.13. The van der Waals surface area contributed by atoms with E-state index >= 15 is 0 Å². The molecule has 2 aromatic rings. The Kier molecular flexibility index (Phi) is 4.86. The van der Waals surface area contributed by atoms with Gasteiger partial charge in [0.15, 0.2) is 23.3 Å². The third-order valence-electron chi connectivity index (χ3n) is 2.61. The fourth-order valence-corrected chi connectivity index (χ4v) is 2.20. The molecule has 0 saturated carbocycles. The van der Waals surface area contributed by atoms with Crippen molar-refractivity contribution in [3.63, 3.8) is 0 Å². The quantitative estimate of drug-likeness (QED) is 0.387. The number of hydrogen-bond acceptors (Lipinski definition) is 1. The van der Waals surface area contributed by atoms with E-state index in [0.29, 0.717) is 8.95 Å². The minimum atomic E-state index is -2.32. The van der Waals surface area contributed by atoms with Crippen molar-refractivity contribution in [3.8, 4) is 0 Å². The van der Waals surface area contributed by atoms with Crippen LogP contribution in [0.2, 0.25) is 0 Å². The van der Waals surface area contributed by atoms with Gasteiger partial charge in [-0.25, -0.2) is 22.0 Å². The van der Waals surface area contributed by atoms with E-state index in [4.69, 9.17) is 0 Å². The van der Waals surface area contributed by atoms with Gasteiger partial charge in [0.1, 0.15) is 5.56 Å². The summed E-state index contributed by atoms with van der Waals surface area (Å²) in [7, 11) is 0. The van der Waals surface area contributed by atoms with Crippen LogP contribution in [0.15, 0.2) is 27.1 Å². The lowest BCUT2D eigenvalue weighted by Gasteiger charge is -2.09. The number of anilines is 1. The standard InChI is InChI=1S/C13H4Br2F5NO/c14-5-2-1-4(3-6(5)15)21-13(22)7-8(16)10(18)12(20)11(19)9(7)17/h1-3H,(H,21,22). The van der Waals surface area contributed by atoms with Gasteiger partial charge in [0, 0.05) is 14.6 Å². The summed E-state index contributed by atoms with van der Waals surface area (Å²) in [5.74, 6) is -12.5. The average Bonchev–Trinajstić information content (AvgIpc) is 2.47. The van der Waals surface area contributed by atoms with Gasteiger partial charge >= 0.3 is 0 Å². The molecule has 0 spiro atoms. The third kappa shape index (κ3) is 3.00. The highest BCUT2D eigenvalue weighted by Crippen LogP contribution is 2.27. The summed E-state index contributed by atoms with van der Waals surface area (Å²) in [5.41, 5.74) is -1.44. The number of nitrogens with one attached hydrogen (secondary N) is 1. The van der Waals surface area contributed by atoms with Crippen LogP contribution in [0.5, 0.6) is 0 Å². The number of halogens is 7. The number of amides is 1. The van der Waals surface area contributed by atoms with Gasteiger partial charge in [-0.3, -0.25) is 4.79 Å². The van der Waals surface area contributed by atoms with Crippen LogP contribution >= 0.6 is 31.9 Å². The first-order chi connectivity index (χ1) is 10.2. The zero-order valence-corrected chi connectivity index (χ0v) is 13.5. The summed E-state index contributed by atoms with van der Waals surface area (Å²) in [4.78, 5) is 11.8. The molecule has 0 aliphatic rings.